The van der Waals surface area contributed by atoms with Crippen LogP contribution in [0.4, 0.5) is 0 Å². The maximum absolute atomic E-state index is 13.4. The molecule has 2 atom stereocenters. The predicted octanol–water partition coefficient (Wildman–Crippen LogP) is 2.50. The van der Waals surface area contributed by atoms with E-state index in [-0.39, 0.29) is 17.4 Å². The number of nitrogens with one attached hydrogen (secondary N) is 1. The molecule has 2 aromatic rings. The molecule has 2 aliphatic heterocycles. The van der Waals surface area contributed by atoms with E-state index in [1.54, 1.807) is 23.8 Å². The van der Waals surface area contributed by atoms with Crippen LogP contribution in [0.2, 0.25) is 0 Å². The molecule has 6 heteroatoms. The molecule has 0 aliphatic carbocycles. The van der Waals surface area contributed by atoms with Crippen molar-refractivity contribution in [3.63, 3.8) is 0 Å². The van der Waals surface area contributed by atoms with E-state index in [9.17, 15) is 9.59 Å². The lowest BCUT2D eigenvalue weighted by Gasteiger charge is -2.46. The van der Waals surface area contributed by atoms with Crippen LogP contribution in [-0.2, 0) is 22.5 Å². The summed E-state index contributed by atoms with van der Waals surface area (Å²) in [6, 6.07) is 13.1. The molecule has 1 saturated heterocycles. The number of rotatable bonds is 5. The standard InChI is InChI=1S/C23H28N2O4/c1-22(2,11-16-7-4-5-9-19(16)28-3)29-21(27)23-12-17(13-24-14-23)18-8-6-10-20(26)25(18)15-23/h4-10,17,24H,11-15H2,1-3H3/t17-,23-/m1/s1. The smallest absolute Gasteiger partial charge is 0.315 e. The molecular weight excluding hydrogens is 368 g/mol. The molecular formula is C23H28N2O4. The van der Waals surface area contributed by atoms with Gasteiger partial charge in [-0.05, 0) is 38.0 Å². The third-order valence-electron chi connectivity index (χ3n) is 6.06. The molecule has 154 valence electrons. The first kappa shape index (κ1) is 19.7. The Bertz CT molecular complexity index is 981. The Morgan fingerprint density at radius 3 is 2.83 bits per heavy atom. The summed E-state index contributed by atoms with van der Waals surface area (Å²) in [5.74, 6) is 0.680. The number of aromatic nitrogens is 1. The molecule has 2 bridgehead atoms. The van der Waals surface area contributed by atoms with Crippen molar-refractivity contribution in [3.05, 3.63) is 64.1 Å². The number of ether oxygens (including phenoxy) is 2. The van der Waals surface area contributed by atoms with Gasteiger partial charge in [-0.3, -0.25) is 9.59 Å². The molecule has 6 nitrogen and oxygen atoms in total. The highest BCUT2D eigenvalue weighted by Gasteiger charge is 2.50. The first-order chi connectivity index (χ1) is 13.8. The van der Waals surface area contributed by atoms with Crippen LogP contribution in [0.25, 0.3) is 0 Å². The summed E-state index contributed by atoms with van der Waals surface area (Å²) in [4.78, 5) is 25.8. The minimum atomic E-state index is -0.723. The number of hydrogen-bond acceptors (Lipinski definition) is 5. The van der Waals surface area contributed by atoms with Crippen molar-refractivity contribution in [1.82, 2.24) is 9.88 Å². The number of para-hydroxylation sites is 1. The Balaban J connectivity index is 1.57. The van der Waals surface area contributed by atoms with Crippen LogP contribution in [0.1, 0.15) is 37.4 Å². The zero-order chi connectivity index (χ0) is 20.6. The maximum atomic E-state index is 13.4. The highest BCUT2D eigenvalue weighted by molar-refractivity contribution is 5.78. The van der Waals surface area contributed by atoms with E-state index in [0.717, 1.165) is 23.6 Å². The average molecular weight is 396 g/mol. The Morgan fingerprint density at radius 1 is 1.24 bits per heavy atom. The molecule has 3 heterocycles. The van der Waals surface area contributed by atoms with E-state index in [2.05, 4.69) is 5.32 Å². The summed E-state index contributed by atoms with van der Waals surface area (Å²) in [5.41, 5.74) is 0.519. The zero-order valence-corrected chi connectivity index (χ0v) is 17.2. The second-order valence-corrected chi connectivity index (χ2v) is 8.83. The van der Waals surface area contributed by atoms with Gasteiger partial charge in [0.1, 0.15) is 11.4 Å². The predicted molar refractivity (Wildman–Crippen MR) is 110 cm³/mol. The van der Waals surface area contributed by atoms with Gasteiger partial charge in [-0.25, -0.2) is 0 Å². The molecule has 1 aromatic carbocycles. The molecule has 2 aliphatic rings. The van der Waals surface area contributed by atoms with Gasteiger partial charge in [0, 0.05) is 43.7 Å². The van der Waals surface area contributed by atoms with E-state index in [4.69, 9.17) is 9.47 Å². The average Bonchev–Trinajstić information content (AvgIpc) is 2.69. The summed E-state index contributed by atoms with van der Waals surface area (Å²) in [5, 5.41) is 3.39. The first-order valence-corrected chi connectivity index (χ1v) is 10.1. The summed E-state index contributed by atoms with van der Waals surface area (Å²) in [6.07, 6.45) is 1.25. The SMILES string of the molecule is COc1ccccc1CC(C)(C)OC(=O)[C@@]12CNC[C@@H](C1)c1cccc(=O)n1C2. The van der Waals surface area contributed by atoms with Gasteiger partial charge >= 0.3 is 5.97 Å². The fraction of sp³-hybridized carbons (Fsp3) is 0.478. The van der Waals surface area contributed by atoms with Crippen LogP contribution < -0.4 is 15.6 Å². The lowest BCUT2D eigenvalue weighted by atomic mass is 9.72. The summed E-state index contributed by atoms with van der Waals surface area (Å²) in [7, 11) is 1.64. The number of hydrogen-bond donors (Lipinski definition) is 1. The molecule has 1 N–H and O–H groups in total. The quantitative estimate of drug-likeness (QED) is 0.787. The van der Waals surface area contributed by atoms with Crippen molar-refractivity contribution >= 4 is 5.97 Å². The zero-order valence-electron chi connectivity index (χ0n) is 17.2. The number of methoxy groups -OCH3 is 1. The fourth-order valence-corrected chi connectivity index (χ4v) is 4.72. The van der Waals surface area contributed by atoms with Crippen molar-refractivity contribution < 1.29 is 14.3 Å². The van der Waals surface area contributed by atoms with Crippen LogP contribution in [-0.4, -0.2) is 36.3 Å². The second-order valence-electron chi connectivity index (χ2n) is 8.83. The lowest BCUT2D eigenvalue weighted by molar-refractivity contribution is -0.173. The van der Waals surface area contributed by atoms with Crippen molar-refractivity contribution in [2.45, 2.75) is 44.8 Å². The van der Waals surface area contributed by atoms with E-state index < -0.39 is 11.0 Å². The van der Waals surface area contributed by atoms with Gasteiger partial charge in [0.05, 0.1) is 12.5 Å². The molecule has 29 heavy (non-hydrogen) atoms. The molecule has 0 amide bonds. The molecule has 0 radical (unpaired) electrons. The third kappa shape index (κ3) is 3.69. The van der Waals surface area contributed by atoms with Crippen molar-refractivity contribution in [1.29, 1.82) is 0 Å². The number of pyridine rings is 1. The monoisotopic (exact) mass is 396 g/mol. The number of esters is 1. The molecule has 0 spiro atoms. The number of carbonyl (C=O) groups excluding carboxylic acids is 1. The van der Waals surface area contributed by atoms with E-state index in [1.807, 2.05) is 44.2 Å². The Morgan fingerprint density at radius 2 is 2.03 bits per heavy atom. The molecule has 4 rings (SSSR count). The van der Waals surface area contributed by atoms with Crippen LogP contribution >= 0.6 is 0 Å². The van der Waals surface area contributed by atoms with Crippen LogP contribution in [0.3, 0.4) is 0 Å². The van der Waals surface area contributed by atoms with Crippen molar-refractivity contribution in [2.75, 3.05) is 20.2 Å². The highest BCUT2D eigenvalue weighted by Crippen LogP contribution is 2.42. The fourth-order valence-electron chi connectivity index (χ4n) is 4.72. The number of nitrogens with zero attached hydrogens (tertiary/aromatic N) is 1. The highest BCUT2D eigenvalue weighted by atomic mass is 16.6. The van der Waals surface area contributed by atoms with Gasteiger partial charge < -0.3 is 19.4 Å². The largest absolute Gasteiger partial charge is 0.496 e. The topological polar surface area (TPSA) is 69.6 Å². The maximum Gasteiger partial charge on any atom is 0.315 e. The Labute approximate surface area is 170 Å². The number of benzene rings is 1. The summed E-state index contributed by atoms with van der Waals surface area (Å²) >= 11 is 0. The number of carbonyl (C=O) groups is 1. The number of fused-ring (bicyclic) bond motifs is 4. The van der Waals surface area contributed by atoms with Crippen LogP contribution in [0.5, 0.6) is 5.75 Å². The normalized spacial score (nSPS) is 23.2. The van der Waals surface area contributed by atoms with Crippen molar-refractivity contribution in [2.24, 2.45) is 5.41 Å². The first-order valence-electron chi connectivity index (χ1n) is 10.1. The van der Waals surface area contributed by atoms with Gasteiger partial charge in [0.15, 0.2) is 0 Å². The Hall–Kier alpha value is -2.60. The molecule has 0 saturated carbocycles. The minimum Gasteiger partial charge on any atom is -0.496 e. The van der Waals surface area contributed by atoms with Gasteiger partial charge in [-0.15, -0.1) is 0 Å². The third-order valence-corrected chi connectivity index (χ3v) is 6.06. The molecule has 1 fully saturated rings. The van der Waals surface area contributed by atoms with Crippen LogP contribution in [0, 0.1) is 5.41 Å². The van der Waals surface area contributed by atoms with Crippen LogP contribution in [0.15, 0.2) is 47.3 Å². The van der Waals surface area contributed by atoms with E-state index >= 15 is 0 Å². The summed E-state index contributed by atoms with van der Waals surface area (Å²) < 4.78 is 13.3. The van der Waals surface area contributed by atoms with Gasteiger partial charge in [0.25, 0.3) is 5.56 Å². The lowest BCUT2D eigenvalue weighted by Crippen LogP contribution is -2.57. The van der Waals surface area contributed by atoms with E-state index in [0.29, 0.717) is 25.9 Å². The van der Waals surface area contributed by atoms with Gasteiger partial charge in [-0.1, -0.05) is 24.3 Å². The minimum absolute atomic E-state index is 0.0560. The molecule has 0 unspecified atom stereocenters. The summed E-state index contributed by atoms with van der Waals surface area (Å²) in [6.45, 7) is 5.49. The van der Waals surface area contributed by atoms with E-state index in [1.165, 1.54) is 0 Å². The Kier molecular flexibility index (Phi) is 4.99. The molecule has 1 aromatic heterocycles. The van der Waals surface area contributed by atoms with Gasteiger partial charge in [0.2, 0.25) is 0 Å². The van der Waals surface area contributed by atoms with Crippen molar-refractivity contribution in [3.8, 4) is 5.75 Å². The second kappa shape index (κ2) is 7.34. The number of piperidine rings is 1. The van der Waals surface area contributed by atoms with Gasteiger partial charge in [-0.2, -0.15) is 0 Å².